The molecule has 0 amide bonds. The number of rotatable bonds is 8. The summed E-state index contributed by atoms with van der Waals surface area (Å²) in [4.78, 5) is 5.16. The van der Waals surface area contributed by atoms with Gasteiger partial charge in [-0.05, 0) is 53.6 Å². The van der Waals surface area contributed by atoms with E-state index in [-0.39, 0.29) is 0 Å². The quantitative estimate of drug-likeness (QED) is 0.484. The van der Waals surface area contributed by atoms with E-state index in [1.165, 1.54) is 39.7 Å². The lowest BCUT2D eigenvalue weighted by Gasteiger charge is -2.36. The summed E-state index contributed by atoms with van der Waals surface area (Å²) in [5, 5.41) is 6.31. The lowest BCUT2D eigenvalue weighted by molar-refractivity contribution is 0.127. The van der Waals surface area contributed by atoms with Gasteiger partial charge in [0.2, 0.25) is 0 Å². The summed E-state index contributed by atoms with van der Waals surface area (Å²) in [5.74, 6) is 0.646. The van der Waals surface area contributed by atoms with Crippen LogP contribution in [0.15, 0.2) is 72.9 Å². The Bertz CT molecular complexity index is 1040. The zero-order valence-electron chi connectivity index (χ0n) is 19.9. The smallest absolute Gasteiger partial charge is 0.0441 e. The van der Waals surface area contributed by atoms with Gasteiger partial charge in [-0.3, -0.25) is 4.90 Å². The van der Waals surface area contributed by atoms with Crippen LogP contribution in [0.1, 0.15) is 23.6 Å². The Hall–Kier alpha value is -2.62. The molecule has 3 heteroatoms. The van der Waals surface area contributed by atoms with Crippen LogP contribution in [0.5, 0.6) is 0 Å². The number of nitrogens with one attached hydrogen (secondary N) is 1. The molecule has 0 aliphatic carbocycles. The molecule has 1 N–H and O–H groups in total. The Morgan fingerprint density at radius 2 is 1.50 bits per heavy atom. The molecular formula is C29H37N3. The number of fused-ring (bicyclic) bond motifs is 1. The highest BCUT2D eigenvalue weighted by Gasteiger charge is 2.19. The van der Waals surface area contributed by atoms with E-state index in [9.17, 15) is 0 Å². The molecule has 32 heavy (non-hydrogen) atoms. The maximum atomic E-state index is 4.30. The molecule has 4 rings (SSSR count). The molecule has 1 unspecified atom stereocenters. The van der Waals surface area contributed by atoms with Crippen molar-refractivity contribution in [1.82, 2.24) is 9.80 Å². The molecule has 3 aromatic carbocycles. The van der Waals surface area contributed by atoms with Crippen LogP contribution in [0.4, 0.5) is 5.69 Å². The minimum atomic E-state index is 0.646. The summed E-state index contributed by atoms with van der Waals surface area (Å²) in [7, 11) is 0. The highest BCUT2D eigenvalue weighted by atomic mass is 15.3. The van der Waals surface area contributed by atoms with Crippen LogP contribution in [0.2, 0.25) is 0 Å². The zero-order valence-corrected chi connectivity index (χ0v) is 19.9. The lowest BCUT2D eigenvalue weighted by atomic mass is 9.95. The number of nitrogens with zero attached hydrogens (tertiary/aromatic N) is 2. The fourth-order valence-corrected chi connectivity index (χ4v) is 4.98. The standard InChI is InChI=1S/C29H37N3/c1-22(19-27-13-8-12-26-11-5-6-14-28(26)27)20-31-15-17-32(18-16-31)21-25(4)30-29-23(2)9-7-10-24(29)3/h5-14,22,30H,4,15-21H2,1-3H3. The van der Waals surface area contributed by atoms with Gasteiger partial charge in [-0.1, -0.05) is 74.2 Å². The van der Waals surface area contributed by atoms with Gasteiger partial charge in [0.1, 0.15) is 0 Å². The first-order valence-corrected chi connectivity index (χ1v) is 11.9. The van der Waals surface area contributed by atoms with E-state index in [2.05, 4.69) is 103 Å². The largest absolute Gasteiger partial charge is 0.358 e. The van der Waals surface area contributed by atoms with Gasteiger partial charge in [0, 0.05) is 50.7 Å². The van der Waals surface area contributed by atoms with E-state index in [1.54, 1.807) is 0 Å². The molecule has 1 atom stereocenters. The van der Waals surface area contributed by atoms with E-state index in [0.717, 1.165) is 44.8 Å². The Kier molecular flexibility index (Phi) is 7.29. The van der Waals surface area contributed by atoms with Crippen LogP contribution >= 0.6 is 0 Å². The van der Waals surface area contributed by atoms with Crippen molar-refractivity contribution in [2.24, 2.45) is 5.92 Å². The van der Waals surface area contributed by atoms with Crippen molar-refractivity contribution in [2.45, 2.75) is 27.2 Å². The van der Waals surface area contributed by atoms with Gasteiger partial charge in [-0.25, -0.2) is 0 Å². The highest BCUT2D eigenvalue weighted by molar-refractivity contribution is 5.85. The van der Waals surface area contributed by atoms with Crippen LogP contribution < -0.4 is 5.32 Å². The SMILES string of the molecule is C=C(CN1CCN(CC(C)Cc2cccc3ccccc23)CC1)Nc1c(C)cccc1C. The number of para-hydroxylation sites is 1. The Morgan fingerprint density at radius 3 is 2.25 bits per heavy atom. The first-order chi connectivity index (χ1) is 15.5. The average Bonchev–Trinajstić information content (AvgIpc) is 2.78. The van der Waals surface area contributed by atoms with Gasteiger partial charge < -0.3 is 10.2 Å². The maximum absolute atomic E-state index is 4.30. The molecule has 0 bridgehead atoms. The van der Waals surface area contributed by atoms with Crippen LogP contribution in [0.25, 0.3) is 10.8 Å². The van der Waals surface area contributed by atoms with E-state index >= 15 is 0 Å². The van der Waals surface area contributed by atoms with E-state index < -0.39 is 0 Å². The molecule has 1 aliphatic heterocycles. The minimum Gasteiger partial charge on any atom is -0.358 e. The first kappa shape index (κ1) is 22.6. The second-order valence-corrected chi connectivity index (χ2v) is 9.52. The molecular weight excluding hydrogens is 390 g/mol. The van der Waals surface area contributed by atoms with Crippen LogP contribution in [0, 0.1) is 19.8 Å². The van der Waals surface area contributed by atoms with Crippen LogP contribution in [0.3, 0.4) is 0 Å². The third-order valence-electron chi connectivity index (χ3n) is 6.68. The Labute approximate surface area is 193 Å². The second kappa shape index (κ2) is 10.3. The second-order valence-electron chi connectivity index (χ2n) is 9.52. The van der Waals surface area contributed by atoms with Gasteiger partial charge in [0.25, 0.3) is 0 Å². The van der Waals surface area contributed by atoms with Crippen LogP contribution in [-0.4, -0.2) is 49.1 Å². The number of anilines is 1. The van der Waals surface area contributed by atoms with Crippen molar-refractivity contribution in [3.63, 3.8) is 0 Å². The van der Waals surface area contributed by atoms with Crippen molar-refractivity contribution >= 4 is 16.5 Å². The molecule has 0 aromatic heterocycles. The minimum absolute atomic E-state index is 0.646. The molecule has 1 heterocycles. The molecule has 168 valence electrons. The van der Waals surface area contributed by atoms with Gasteiger partial charge in [0.15, 0.2) is 0 Å². The van der Waals surface area contributed by atoms with Crippen molar-refractivity contribution in [3.8, 4) is 0 Å². The van der Waals surface area contributed by atoms with Gasteiger partial charge >= 0.3 is 0 Å². The molecule has 1 fully saturated rings. The van der Waals surface area contributed by atoms with Gasteiger partial charge in [-0.15, -0.1) is 0 Å². The summed E-state index contributed by atoms with van der Waals surface area (Å²) in [6.07, 6.45) is 1.14. The summed E-state index contributed by atoms with van der Waals surface area (Å²) in [5.41, 5.74) is 6.31. The third-order valence-corrected chi connectivity index (χ3v) is 6.68. The highest BCUT2D eigenvalue weighted by Crippen LogP contribution is 2.23. The molecule has 0 radical (unpaired) electrons. The van der Waals surface area contributed by atoms with Crippen molar-refractivity contribution in [2.75, 3.05) is 44.6 Å². The number of piperazine rings is 1. The maximum Gasteiger partial charge on any atom is 0.0441 e. The predicted octanol–water partition coefficient (Wildman–Crippen LogP) is 5.88. The van der Waals surface area contributed by atoms with Crippen LogP contribution in [-0.2, 0) is 6.42 Å². The molecule has 3 aromatic rings. The van der Waals surface area contributed by atoms with E-state index in [1.807, 2.05) is 0 Å². The van der Waals surface area contributed by atoms with Crippen molar-refractivity contribution < 1.29 is 0 Å². The predicted molar refractivity (Wildman–Crippen MR) is 138 cm³/mol. The van der Waals surface area contributed by atoms with E-state index in [0.29, 0.717) is 5.92 Å². The molecule has 3 nitrogen and oxygen atoms in total. The zero-order chi connectivity index (χ0) is 22.5. The summed E-state index contributed by atoms with van der Waals surface area (Å²) < 4.78 is 0. The Morgan fingerprint density at radius 1 is 0.875 bits per heavy atom. The summed E-state index contributed by atoms with van der Waals surface area (Å²) in [6, 6.07) is 21.9. The third kappa shape index (κ3) is 5.59. The number of aryl methyl sites for hydroxylation is 2. The molecule has 0 spiro atoms. The average molecular weight is 428 g/mol. The lowest BCUT2D eigenvalue weighted by Crippen LogP contribution is -2.48. The Balaban J connectivity index is 1.24. The van der Waals surface area contributed by atoms with E-state index in [4.69, 9.17) is 0 Å². The number of hydrogen-bond donors (Lipinski definition) is 1. The number of benzene rings is 3. The van der Waals surface area contributed by atoms with Gasteiger partial charge in [0.05, 0.1) is 0 Å². The summed E-state index contributed by atoms with van der Waals surface area (Å²) >= 11 is 0. The molecule has 0 saturated carbocycles. The molecule has 1 saturated heterocycles. The summed E-state index contributed by atoms with van der Waals surface area (Å²) in [6.45, 7) is 17.6. The van der Waals surface area contributed by atoms with Gasteiger partial charge in [-0.2, -0.15) is 0 Å². The fourth-order valence-electron chi connectivity index (χ4n) is 4.98. The topological polar surface area (TPSA) is 18.5 Å². The van der Waals surface area contributed by atoms with Crippen molar-refractivity contribution in [1.29, 1.82) is 0 Å². The van der Waals surface area contributed by atoms with Crippen molar-refractivity contribution in [3.05, 3.63) is 89.6 Å². The monoisotopic (exact) mass is 427 g/mol. The molecule has 1 aliphatic rings. The fraction of sp³-hybridized carbons (Fsp3) is 0.379. The normalized spacial score (nSPS) is 16.2. The first-order valence-electron chi connectivity index (χ1n) is 11.9. The number of hydrogen-bond acceptors (Lipinski definition) is 3.